The fraction of sp³-hybridized carbons (Fsp3) is 0.292. The number of amides is 1. The van der Waals surface area contributed by atoms with Gasteiger partial charge in [-0.25, -0.2) is 9.97 Å². The molecular weight excluding hydrogens is 374 g/mol. The summed E-state index contributed by atoms with van der Waals surface area (Å²) < 4.78 is 4.38. The summed E-state index contributed by atoms with van der Waals surface area (Å²) in [5.74, 6) is 1.86. The van der Waals surface area contributed by atoms with Crippen LogP contribution in [-0.4, -0.2) is 25.0 Å². The van der Waals surface area contributed by atoms with E-state index in [-0.39, 0.29) is 5.91 Å². The normalized spacial score (nSPS) is 11.2. The number of unbranched alkanes of at least 4 members (excludes halogenated alkanes) is 1. The number of hydrogen-bond donors (Lipinski definition) is 1. The molecule has 1 amide bonds. The minimum atomic E-state index is -0.113. The van der Waals surface area contributed by atoms with E-state index in [1.807, 2.05) is 68.7 Å². The van der Waals surface area contributed by atoms with E-state index in [4.69, 9.17) is 4.98 Å². The number of aryl methyl sites for hydroxylation is 3. The zero-order chi connectivity index (χ0) is 21.1. The molecule has 0 atom stereocenters. The van der Waals surface area contributed by atoms with Crippen LogP contribution in [0.2, 0.25) is 0 Å². The van der Waals surface area contributed by atoms with Crippen LogP contribution >= 0.6 is 0 Å². The molecule has 0 radical (unpaired) electrons. The van der Waals surface area contributed by atoms with E-state index in [1.165, 1.54) is 0 Å². The molecular formula is C24H27N5O. The van der Waals surface area contributed by atoms with Gasteiger partial charge in [0.25, 0.3) is 5.91 Å². The zero-order valence-corrected chi connectivity index (χ0v) is 17.7. The molecule has 6 heteroatoms. The Morgan fingerprint density at radius 1 is 1.13 bits per heavy atom. The largest absolute Gasteiger partial charge is 0.328 e. The molecule has 4 aromatic rings. The monoisotopic (exact) mass is 401 g/mol. The van der Waals surface area contributed by atoms with E-state index >= 15 is 0 Å². The van der Waals surface area contributed by atoms with Gasteiger partial charge in [-0.3, -0.25) is 4.79 Å². The first-order chi connectivity index (χ1) is 14.5. The molecule has 1 N–H and O–H groups in total. The Morgan fingerprint density at radius 2 is 2.00 bits per heavy atom. The second-order valence-corrected chi connectivity index (χ2v) is 7.66. The summed E-state index contributed by atoms with van der Waals surface area (Å²) in [5.41, 5.74) is 4.44. The van der Waals surface area contributed by atoms with Crippen molar-refractivity contribution in [2.75, 3.05) is 5.32 Å². The SMILES string of the molecule is CCCCn1c(Cn2ccnc2C)nc2cc(NC(=O)c3cccc(C)c3)ccc21. The maximum absolute atomic E-state index is 12.6. The van der Waals surface area contributed by atoms with Gasteiger partial charge in [-0.2, -0.15) is 0 Å². The first kappa shape index (κ1) is 19.9. The highest BCUT2D eigenvalue weighted by molar-refractivity contribution is 6.05. The molecule has 0 aliphatic carbocycles. The van der Waals surface area contributed by atoms with E-state index in [0.717, 1.165) is 53.3 Å². The zero-order valence-electron chi connectivity index (χ0n) is 17.7. The van der Waals surface area contributed by atoms with Crippen LogP contribution in [0, 0.1) is 13.8 Å². The van der Waals surface area contributed by atoms with Crippen LogP contribution in [0.25, 0.3) is 11.0 Å². The molecule has 0 bridgehead atoms. The van der Waals surface area contributed by atoms with Gasteiger partial charge in [-0.05, 0) is 50.6 Å². The Hall–Kier alpha value is -3.41. The number of imidazole rings is 2. The van der Waals surface area contributed by atoms with Gasteiger partial charge in [-0.15, -0.1) is 0 Å². The highest BCUT2D eigenvalue weighted by atomic mass is 16.1. The number of aromatic nitrogens is 4. The second-order valence-electron chi connectivity index (χ2n) is 7.66. The number of carbonyl (C=O) groups is 1. The lowest BCUT2D eigenvalue weighted by atomic mass is 10.1. The van der Waals surface area contributed by atoms with Gasteiger partial charge in [0, 0.05) is 30.2 Å². The third-order valence-corrected chi connectivity index (χ3v) is 5.34. The van der Waals surface area contributed by atoms with E-state index in [9.17, 15) is 4.79 Å². The molecule has 154 valence electrons. The third-order valence-electron chi connectivity index (χ3n) is 5.34. The average Bonchev–Trinajstić information content (AvgIpc) is 3.29. The lowest BCUT2D eigenvalue weighted by Gasteiger charge is -2.10. The highest BCUT2D eigenvalue weighted by Crippen LogP contribution is 2.23. The molecule has 2 aromatic heterocycles. The number of benzene rings is 2. The van der Waals surface area contributed by atoms with Crippen LogP contribution in [0.1, 0.15) is 47.3 Å². The van der Waals surface area contributed by atoms with E-state index < -0.39 is 0 Å². The van der Waals surface area contributed by atoms with Gasteiger partial charge in [0.1, 0.15) is 11.6 Å². The van der Waals surface area contributed by atoms with Crippen molar-refractivity contribution in [2.24, 2.45) is 0 Å². The summed E-state index contributed by atoms with van der Waals surface area (Å²) >= 11 is 0. The van der Waals surface area contributed by atoms with Gasteiger partial charge in [-0.1, -0.05) is 31.0 Å². The lowest BCUT2D eigenvalue weighted by Crippen LogP contribution is -2.11. The Bertz CT molecular complexity index is 1190. The van der Waals surface area contributed by atoms with Crippen LogP contribution in [0.4, 0.5) is 5.69 Å². The number of nitrogens with one attached hydrogen (secondary N) is 1. The molecule has 0 saturated carbocycles. The molecule has 0 unspecified atom stereocenters. The quantitative estimate of drug-likeness (QED) is 0.476. The number of nitrogens with zero attached hydrogens (tertiary/aromatic N) is 4. The molecule has 30 heavy (non-hydrogen) atoms. The maximum atomic E-state index is 12.6. The minimum absolute atomic E-state index is 0.113. The van der Waals surface area contributed by atoms with Crippen molar-refractivity contribution in [3.8, 4) is 0 Å². The van der Waals surface area contributed by atoms with Crippen molar-refractivity contribution in [2.45, 2.75) is 46.7 Å². The van der Waals surface area contributed by atoms with E-state index in [2.05, 4.69) is 26.4 Å². The Morgan fingerprint density at radius 3 is 2.73 bits per heavy atom. The molecule has 0 saturated heterocycles. The summed E-state index contributed by atoms with van der Waals surface area (Å²) in [6, 6.07) is 13.5. The van der Waals surface area contributed by atoms with Crippen molar-refractivity contribution in [1.82, 2.24) is 19.1 Å². The van der Waals surface area contributed by atoms with Gasteiger partial charge in [0.2, 0.25) is 0 Å². The van der Waals surface area contributed by atoms with Gasteiger partial charge < -0.3 is 14.5 Å². The minimum Gasteiger partial charge on any atom is -0.328 e. The van der Waals surface area contributed by atoms with Crippen molar-refractivity contribution in [3.63, 3.8) is 0 Å². The molecule has 0 spiro atoms. The van der Waals surface area contributed by atoms with Crippen molar-refractivity contribution in [3.05, 3.63) is 77.6 Å². The second kappa shape index (κ2) is 8.53. The highest BCUT2D eigenvalue weighted by Gasteiger charge is 2.14. The van der Waals surface area contributed by atoms with Crippen molar-refractivity contribution in [1.29, 1.82) is 0 Å². The number of rotatable bonds is 7. The summed E-state index contributed by atoms with van der Waals surface area (Å²) in [7, 11) is 0. The Labute approximate surface area is 176 Å². The van der Waals surface area contributed by atoms with Gasteiger partial charge in [0.05, 0.1) is 17.6 Å². The van der Waals surface area contributed by atoms with Crippen LogP contribution in [0.3, 0.4) is 0 Å². The van der Waals surface area contributed by atoms with Crippen molar-refractivity contribution < 1.29 is 4.79 Å². The Kier molecular flexibility index (Phi) is 5.65. The summed E-state index contributed by atoms with van der Waals surface area (Å²) in [4.78, 5) is 21.8. The van der Waals surface area contributed by atoms with Crippen LogP contribution in [-0.2, 0) is 13.1 Å². The molecule has 0 fully saturated rings. The average molecular weight is 402 g/mol. The topological polar surface area (TPSA) is 64.7 Å². The molecule has 2 aromatic carbocycles. The number of carbonyl (C=O) groups excluding carboxylic acids is 1. The Balaban J connectivity index is 1.64. The number of anilines is 1. The van der Waals surface area contributed by atoms with Crippen molar-refractivity contribution >= 4 is 22.6 Å². The van der Waals surface area contributed by atoms with Gasteiger partial charge >= 0.3 is 0 Å². The summed E-state index contributed by atoms with van der Waals surface area (Å²) in [5, 5.41) is 3.00. The van der Waals surface area contributed by atoms with Crippen LogP contribution < -0.4 is 5.32 Å². The lowest BCUT2D eigenvalue weighted by molar-refractivity contribution is 0.102. The predicted molar refractivity (Wildman–Crippen MR) is 120 cm³/mol. The predicted octanol–water partition coefficient (Wildman–Crippen LogP) is 4.95. The smallest absolute Gasteiger partial charge is 0.255 e. The van der Waals surface area contributed by atoms with E-state index in [1.54, 1.807) is 0 Å². The molecule has 4 rings (SSSR count). The first-order valence-electron chi connectivity index (χ1n) is 10.4. The third kappa shape index (κ3) is 4.13. The summed E-state index contributed by atoms with van der Waals surface area (Å²) in [6.07, 6.45) is 6.00. The maximum Gasteiger partial charge on any atom is 0.255 e. The fourth-order valence-electron chi connectivity index (χ4n) is 3.66. The molecule has 6 nitrogen and oxygen atoms in total. The summed E-state index contributed by atoms with van der Waals surface area (Å²) in [6.45, 7) is 7.77. The van der Waals surface area contributed by atoms with Crippen LogP contribution in [0.5, 0.6) is 0 Å². The fourth-order valence-corrected chi connectivity index (χ4v) is 3.66. The number of hydrogen-bond acceptors (Lipinski definition) is 3. The van der Waals surface area contributed by atoms with E-state index in [0.29, 0.717) is 12.1 Å². The van der Waals surface area contributed by atoms with Crippen LogP contribution in [0.15, 0.2) is 54.9 Å². The standard InChI is InChI=1S/C24H27N5O/c1-4-5-12-29-22-10-9-20(26-24(30)19-8-6-7-17(2)14-19)15-21(22)27-23(29)16-28-13-11-25-18(28)3/h6-11,13-15H,4-5,12,16H2,1-3H3,(H,26,30). The van der Waals surface area contributed by atoms with Gasteiger partial charge in [0.15, 0.2) is 0 Å². The molecule has 0 aliphatic rings. The number of fused-ring (bicyclic) bond motifs is 1. The molecule has 0 aliphatic heterocycles. The first-order valence-corrected chi connectivity index (χ1v) is 10.4. The molecule has 2 heterocycles.